The molecule has 0 spiro atoms. The summed E-state index contributed by atoms with van der Waals surface area (Å²) in [6.45, 7) is 2.62. The number of ether oxygens (including phenoxy) is 6. The first-order valence-electron chi connectivity index (χ1n) is 9.68. The minimum Gasteiger partial charge on any atom is -0.493 e. The van der Waals surface area contributed by atoms with Crippen LogP contribution in [0.2, 0.25) is 0 Å². The Labute approximate surface area is 181 Å². The highest BCUT2D eigenvalue weighted by molar-refractivity contribution is 6.13. The third kappa shape index (κ3) is 4.74. The average Bonchev–Trinajstić information content (AvgIpc) is 3.16. The van der Waals surface area contributed by atoms with Crippen LogP contribution in [-0.4, -0.2) is 46.9 Å². The lowest BCUT2D eigenvalue weighted by Crippen LogP contribution is -2.07. The molecule has 8 heteroatoms. The van der Waals surface area contributed by atoms with Gasteiger partial charge in [0.05, 0.1) is 35.0 Å². The molecule has 164 valence electrons. The summed E-state index contributed by atoms with van der Waals surface area (Å²) in [5.41, 5.74) is 1.41. The van der Waals surface area contributed by atoms with E-state index in [4.69, 9.17) is 28.4 Å². The Hall–Kier alpha value is -3.68. The molecule has 0 aliphatic carbocycles. The summed E-state index contributed by atoms with van der Waals surface area (Å²) in [5.74, 6) is 2.09. The molecule has 0 N–H and O–H groups in total. The Morgan fingerprint density at radius 2 is 1.58 bits per heavy atom. The number of methoxy groups -OCH3 is 4. The summed E-state index contributed by atoms with van der Waals surface area (Å²) in [6.07, 6.45) is 2.51. The van der Waals surface area contributed by atoms with Crippen LogP contribution in [0.25, 0.3) is 6.08 Å². The molecule has 1 aliphatic heterocycles. The number of nitrogens with zero attached hydrogens (tertiary/aromatic N) is 1. The summed E-state index contributed by atoms with van der Waals surface area (Å²) in [6, 6.07) is 8.72. The van der Waals surface area contributed by atoms with Crippen LogP contribution in [0.4, 0.5) is 0 Å². The molecule has 0 amide bonds. The summed E-state index contributed by atoms with van der Waals surface area (Å²) in [5, 5.41) is 0. The SMILES string of the molecule is CCCOc1ccc(/C=C2\N=C(c3cc(OC)c(OC)c(OC)c3)OC2=O)cc1OC. The van der Waals surface area contributed by atoms with Gasteiger partial charge >= 0.3 is 5.97 Å². The maximum Gasteiger partial charge on any atom is 0.363 e. The van der Waals surface area contributed by atoms with Crippen molar-refractivity contribution in [1.82, 2.24) is 0 Å². The fourth-order valence-electron chi connectivity index (χ4n) is 3.00. The molecule has 0 saturated heterocycles. The molecule has 0 fully saturated rings. The van der Waals surface area contributed by atoms with Crippen molar-refractivity contribution in [2.45, 2.75) is 13.3 Å². The molecule has 1 heterocycles. The van der Waals surface area contributed by atoms with E-state index in [2.05, 4.69) is 4.99 Å². The molecule has 0 bridgehead atoms. The maximum atomic E-state index is 12.4. The van der Waals surface area contributed by atoms with Gasteiger partial charge in [0.1, 0.15) is 0 Å². The van der Waals surface area contributed by atoms with Gasteiger partial charge < -0.3 is 28.4 Å². The lowest BCUT2D eigenvalue weighted by Gasteiger charge is -2.13. The number of hydrogen-bond donors (Lipinski definition) is 0. The number of benzene rings is 2. The quantitative estimate of drug-likeness (QED) is 0.444. The lowest BCUT2D eigenvalue weighted by atomic mass is 10.1. The molecule has 31 heavy (non-hydrogen) atoms. The van der Waals surface area contributed by atoms with Gasteiger partial charge in [-0.2, -0.15) is 0 Å². The predicted molar refractivity (Wildman–Crippen MR) is 115 cm³/mol. The topological polar surface area (TPSA) is 84.8 Å². The molecule has 0 unspecified atom stereocenters. The van der Waals surface area contributed by atoms with Crippen LogP contribution >= 0.6 is 0 Å². The van der Waals surface area contributed by atoms with Gasteiger partial charge in [0, 0.05) is 5.56 Å². The van der Waals surface area contributed by atoms with Crippen LogP contribution in [0.15, 0.2) is 41.0 Å². The third-order valence-corrected chi connectivity index (χ3v) is 4.48. The fourth-order valence-corrected chi connectivity index (χ4v) is 3.00. The zero-order valence-corrected chi connectivity index (χ0v) is 18.2. The number of esters is 1. The van der Waals surface area contributed by atoms with Crippen molar-refractivity contribution >= 4 is 17.9 Å². The van der Waals surface area contributed by atoms with Crippen molar-refractivity contribution in [3.05, 3.63) is 47.2 Å². The zero-order valence-electron chi connectivity index (χ0n) is 18.2. The third-order valence-electron chi connectivity index (χ3n) is 4.48. The van der Waals surface area contributed by atoms with Gasteiger partial charge in [0.15, 0.2) is 28.7 Å². The van der Waals surface area contributed by atoms with Crippen LogP contribution in [0.5, 0.6) is 28.7 Å². The smallest absolute Gasteiger partial charge is 0.363 e. The first-order valence-corrected chi connectivity index (χ1v) is 9.68. The van der Waals surface area contributed by atoms with Crippen LogP contribution in [0.1, 0.15) is 24.5 Å². The van der Waals surface area contributed by atoms with Crippen LogP contribution in [0.3, 0.4) is 0 Å². The maximum absolute atomic E-state index is 12.4. The summed E-state index contributed by atoms with van der Waals surface area (Å²) < 4.78 is 32.5. The first-order chi connectivity index (χ1) is 15.0. The lowest BCUT2D eigenvalue weighted by molar-refractivity contribution is -0.129. The summed E-state index contributed by atoms with van der Waals surface area (Å²) >= 11 is 0. The van der Waals surface area contributed by atoms with Gasteiger partial charge in [0.25, 0.3) is 0 Å². The Bertz CT molecular complexity index is 1000. The van der Waals surface area contributed by atoms with Gasteiger partial charge in [0.2, 0.25) is 11.6 Å². The molecule has 2 aromatic rings. The first kappa shape index (κ1) is 22.0. The standard InChI is InChI=1S/C23H25NO7/c1-6-9-30-17-8-7-14(11-18(17)26-2)10-16-23(25)31-22(24-16)15-12-19(27-3)21(29-5)20(13-15)28-4/h7-8,10-13H,6,9H2,1-5H3/b16-10-. The molecule has 0 atom stereocenters. The Balaban J connectivity index is 1.94. The van der Waals surface area contributed by atoms with E-state index in [-0.39, 0.29) is 11.6 Å². The highest BCUT2D eigenvalue weighted by atomic mass is 16.6. The van der Waals surface area contributed by atoms with Crippen molar-refractivity contribution in [2.75, 3.05) is 35.0 Å². The molecule has 1 aliphatic rings. The highest BCUT2D eigenvalue weighted by Gasteiger charge is 2.26. The number of carbonyl (C=O) groups is 1. The monoisotopic (exact) mass is 427 g/mol. The minimum atomic E-state index is -0.561. The molecular weight excluding hydrogens is 402 g/mol. The van der Waals surface area contributed by atoms with E-state index in [0.29, 0.717) is 40.9 Å². The van der Waals surface area contributed by atoms with Crippen LogP contribution in [-0.2, 0) is 9.53 Å². The molecule has 8 nitrogen and oxygen atoms in total. The van der Waals surface area contributed by atoms with Gasteiger partial charge in [-0.3, -0.25) is 0 Å². The molecule has 0 radical (unpaired) electrons. The Morgan fingerprint density at radius 1 is 0.903 bits per heavy atom. The van der Waals surface area contributed by atoms with E-state index in [9.17, 15) is 4.79 Å². The number of hydrogen-bond acceptors (Lipinski definition) is 8. The van der Waals surface area contributed by atoms with E-state index in [0.717, 1.165) is 12.0 Å². The highest BCUT2D eigenvalue weighted by Crippen LogP contribution is 2.39. The van der Waals surface area contributed by atoms with Crippen molar-refractivity contribution in [3.8, 4) is 28.7 Å². The van der Waals surface area contributed by atoms with Gasteiger partial charge in [-0.1, -0.05) is 13.0 Å². The number of carbonyl (C=O) groups excluding carboxylic acids is 1. The van der Waals surface area contributed by atoms with Gasteiger partial charge in [-0.05, 0) is 42.3 Å². The molecule has 3 rings (SSSR count). The predicted octanol–water partition coefficient (Wildman–Crippen LogP) is 3.85. The number of rotatable bonds is 9. The molecule has 0 saturated carbocycles. The minimum absolute atomic E-state index is 0.144. The second-order valence-corrected chi connectivity index (χ2v) is 6.51. The molecular formula is C23H25NO7. The van der Waals surface area contributed by atoms with Crippen LogP contribution in [0, 0.1) is 0 Å². The van der Waals surface area contributed by atoms with E-state index >= 15 is 0 Å². The second kappa shape index (κ2) is 9.88. The molecule has 0 aromatic heterocycles. The fraction of sp³-hybridized carbons (Fsp3) is 0.304. The Morgan fingerprint density at radius 3 is 2.16 bits per heavy atom. The summed E-state index contributed by atoms with van der Waals surface area (Å²) in [7, 11) is 6.10. The van der Waals surface area contributed by atoms with E-state index in [1.165, 1.54) is 21.3 Å². The Kier molecular flexibility index (Phi) is 7.02. The normalized spacial score (nSPS) is 14.2. The van der Waals surface area contributed by atoms with E-state index < -0.39 is 5.97 Å². The van der Waals surface area contributed by atoms with Crippen molar-refractivity contribution in [1.29, 1.82) is 0 Å². The van der Waals surface area contributed by atoms with Crippen molar-refractivity contribution in [3.63, 3.8) is 0 Å². The molecule has 2 aromatic carbocycles. The van der Waals surface area contributed by atoms with E-state index in [1.54, 1.807) is 37.5 Å². The zero-order chi connectivity index (χ0) is 22.4. The van der Waals surface area contributed by atoms with Gasteiger partial charge in [-0.15, -0.1) is 0 Å². The largest absolute Gasteiger partial charge is 0.493 e. The van der Waals surface area contributed by atoms with E-state index in [1.807, 2.05) is 13.0 Å². The average molecular weight is 427 g/mol. The van der Waals surface area contributed by atoms with Crippen molar-refractivity contribution < 1.29 is 33.2 Å². The van der Waals surface area contributed by atoms with Gasteiger partial charge in [-0.25, -0.2) is 9.79 Å². The van der Waals surface area contributed by atoms with Crippen molar-refractivity contribution in [2.24, 2.45) is 4.99 Å². The second-order valence-electron chi connectivity index (χ2n) is 6.51. The van der Waals surface area contributed by atoms with Crippen LogP contribution < -0.4 is 23.7 Å². The number of aliphatic imine (C=N–C) groups is 1. The number of cyclic esters (lactones) is 1. The summed E-state index contributed by atoms with van der Waals surface area (Å²) in [4.78, 5) is 16.8.